The third kappa shape index (κ3) is 3.90. The zero-order valence-corrected chi connectivity index (χ0v) is 14.5. The molecule has 0 aromatic heterocycles. The second-order valence-electron chi connectivity index (χ2n) is 5.03. The summed E-state index contributed by atoms with van der Waals surface area (Å²) in [5, 5.41) is 0.694. The van der Waals surface area contributed by atoms with Crippen LogP contribution in [0.15, 0.2) is 53.5 Å². The number of rotatable bonds is 5. The first-order valence-electron chi connectivity index (χ1n) is 6.85. The summed E-state index contributed by atoms with van der Waals surface area (Å²) in [6.07, 6.45) is 2.72. The fraction of sp³-hybridized carbons (Fsp3) is 0.222. The van der Waals surface area contributed by atoms with E-state index in [4.69, 9.17) is 16.3 Å². The van der Waals surface area contributed by atoms with E-state index >= 15 is 0 Å². The van der Waals surface area contributed by atoms with Crippen LogP contribution in [0.4, 0.5) is 0 Å². The number of hydrogen-bond donors (Lipinski definition) is 0. The van der Waals surface area contributed by atoms with Crippen LogP contribution in [0.25, 0.3) is 11.1 Å². The quantitative estimate of drug-likeness (QED) is 0.555. The summed E-state index contributed by atoms with van der Waals surface area (Å²) >= 11 is 9.95. The molecule has 2 aromatic rings. The Kier molecular flexibility index (Phi) is 5.49. The third-order valence-corrected chi connectivity index (χ3v) is 4.08. The van der Waals surface area contributed by atoms with Crippen molar-refractivity contribution in [1.29, 1.82) is 0 Å². The molecule has 0 heterocycles. The Morgan fingerprint density at radius 2 is 2.10 bits per heavy atom. The van der Waals surface area contributed by atoms with Gasteiger partial charge in [-0.1, -0.05) is 45.7 Å². The van der Waals surface area contributed by atoms with E-state index in [9.17, 15) is 0 Å². The third-order valence-electron chi connectivity index (χ3n) is 3.27. The van der Waals surface area contributed by atoms with Crippen molar-refractivity contribution in [2.45, 2.75) is 26.4 Å². The lowest BCUT2D eigenvalue weighted by Gasteiger charge is -2.18. The molecule has 3 heteroatoms. The van der Waals surface area contributed by atoms with E-state index in [1.807, 2.05) is 37.3 Å². The van der Waals surface area contributed by atoms with Crippen LogP contribution in [-0.2, 0) is 0 Å². The molecule has 0 N–H and O–H groups in total. The second-order valence-corrected chi connectivity index (χ2v) is 6.35. The van der Waals surface area contributed by atoms with Gasteiger partial charge >= 0.3 is 0 Å². The molecule has 110 valence electrons. The van der Waals surface area contributed by atoms with Gasteiger partial charge in [0.05, 0.1) is 11.1 Å². The van der Waals surface area contributed by atoms with E-state index in [1.165, 1.54) is 0 Å². The summed E-state index contributed by atoms with van der Waals surface area (Å²) in [7, 11) is 0. The van der Waals surface area contributed by atoms with Crippen LogP contribution in [0.2, 0.25) is 5.02 Å². The normalized spacial score (nSPS) is 12.0. The van der Waals surface area contributed by atoms with Crippen molar-refractivity contribution in [1.82, 2.24) is 0 Å². The Hall–Kier alpha value is -1.25. The first-order chi connectivity index (χ1) is 10.0. The summed E-state index contributed by atoms with van der Waals surface area (Å²) in [5.41, 5.74) is 3.18. The molecule has 0 spiro atoms. The standard InChI is InChI=1S/C18H18BrClO/c1-4-6-13(3)21-17-8-5-7-16(20)18(17)15-11-14(19)10-9-12(15)2/h4-5,7-11,13H,1,6H2,2-3H3. The zero-order valence-electron chi connectivity index (χ0n) is 12.2. The van der Waals surface area contributed by atoms with Crippen molar-refractivity contribution in [3.63, 3.8) is 0 Å². The van der Waals surface area contributed by atoms with Gasteiger partial charge in [-0.3, -0.25) is 0 Å². The molecule has 0 aliphatic rings. The first kappa shape index (κ1) is 16.1. The maximum Gasteiger partial charge on any atom is 0.129 e. The molecule has 0 aliphatic heterocycles. The average molecular weight is 366 g/mol. The monoisotopic (exact) mass is 364 g/mol. The van der Waals surface area contributed by atoms with E-state index in [-0.39, 0.29) is 6.10 Å². The molecule has 1 atom stereocenters. The number of ether oxygens (including phenoxy) is 1. The Bertz CT molecular complexity index is 652. The van der Waals surface area contributed by atoms with Gasteiger partial charge in [0.2, 0.25) is 0 Å². The molecule has 2 rings (SSSR count). The van der Waals surface area contributed by atoms with E-state index in [2.05, 4.69) is 41.6 Å². The van der Waals surface area contributed by atoms with Crippen LogP contribution in [0.1, 0.15) is 18.9 Å². The maximum absolute atomic E-state index is 6.43. The molecule has 0 radical (unpaired) electrons. The van der Waals surface area contributed by atoms with Gasteiger partial charge < -0.3 is 4.74 Å². The Balaban J connectivity index is 2.51. The minimum atomic E-state index is 0.0622. The molecule has 21 heavy (non-hydrogen) atoms. The molecule has 0 amide bonds. The van der Waals surface area contributed by atoms with Crippen LogP contribution < -0.4 is 4.74 Å². The number of halogens is 2. The molecular weight excluding hydrogens is 348 g/mol. The predicted molar refractivity (Wildman–Crippen MR) is 94.2 cm³/mol. The Morgan fingerprint density at radius 1 is 1.33 bits per heavy atom. The van der Waals surface area contributed by atoms with Crippen LogP contribution in [-0.4, -0.2) is 6.10 Å². The smallest absolute Gasteiger partial charge is 0.129 e. The maximum atomic E-state index is 6.43. The number of hydrogen-bond acceptors (Lipinski definition) is 1. The number of aryl methyl sites for hydroxylation is 1. The first-order valence-corrected chi connectivity index (χ1v) is 8.02. The van der Waals surface area contributed by atoms with Gasteiger partial charge in [-0.25, -0.2) is 0 Å². The highest BCUT2D eigenvalue weighted by Crippen LogP contribution is 2.39. The summed E-state index contributed by atoms with van der Waals surface area (Å²) in [6, 6.07) is 11.9. The number of benzene rings is 2. The molecule has 1 unspecified atom stereocenters. The second kappa shape index (κ2) is 7.15. The highest BCUT2D eigenvalue weighted by Gasteiger charge is 2.15. The van der Waals surface area contributed by atoms with Crippen molar-refractivity contribution in [3.8, 4) is 16.9 Å². The fourth-order valence-corrected chi connectivity index (χ4v) is 2.86. The van der Waals surface area contributed by atoms with Crippen LogP contribution in [0, 0.1) is 6.92 Å². The minimum absolute atomic E-state index is 0.0622. The molecule has 1 nitrogen and oxygen atoms in total. The van der Waals surface area contributed by atoms with Gasteiger partial charge in [0.1, 0.15) is 5.75 Å². The van der Waals surface area contributed by atoms with Crippen molar-refractivity contribution in [2.75, 3.05) is 0 Å². The van der Waals surface area contributed by atoms with Gasteiger partial charge in [-0.05, 0) is 49.2 Å². The highest BCUT2D eigenvalue weighted by molar-refractivity contribution is 9.10. The van der Waals surface area contributed by atoms with Gasteiger partial charge in [0, 0.05) is 16.5 Å². The van der Waals surface area contributed by atoms with Crippen molar-refractivity contribution in [3.05, 3.63) is 64.1 Å². The SMILES string of the molecule is C=CCC(C)Oc1cccc(Cl)c1-c1cc(Br)ccc1C. The lowest BCUT2D eigenvalue weighted by molar-refractivity contribution is 0.226. The summed E-state index contributed by atoms with van der Waals surface area (Å²) in [4.78, 5) is 0. The molecule has 0 saturated heterocycles. The lowest BCUT2D eigenvalue weighted by atomic mass is 9.99. The van der Waals surface area contributed by atoms with Crippen LogP contribution >= 0.6 is 27.5 Å². The molecule has 2 aromatic carbocycles. The lowest BCUT2D eigenvalue weighted by Crippen LogP contribution is -2.11. The van der Waals surface area contributed by atoms with E-state index in [0.29, 0.717) is 5.02 Å². The highest BCUT2D eigenvalue weighted by atomic mass is 79.9. The van der Waals surface area contributed by atoms with Gasteiger partial charge in [0.15, 0.2) is 0 Å². The fourth-order valence-electron chi connectivity index (χ4n) is 2.23. The molecule has 0 aliphatic carbocycles. The van der Waals surface area contributed by atoms with Gasteiger partial charge in [-0.15, -0.1) is 6.58 Å². The topological polar surface area (TPSA) is 9.23 Å². The van der Waals surface area contributed by atoms with Gasteiger partial charge in [0.25, 0.3) is 0 Å². The van der Waals surface area contributed by atoms with Crippen LogP contribution in [0.3, 0.4) is 0 Å². The van der Waals surface area contributed by atoms with Crippen molar-refractivity contribution >= 4 is 27.5 Å². The van der Waals surface area contributed by atoms with E-state index in [0.717, 1.165) is 33.3 Å². The Labute approximate surface area is 139 Å². The van der Waals surface area contributed by atoms with Crippen molar-refractivity contribution < 1.29 is 4.74 Å². The summed E-state index contributed by atoms with van der Waals surface area (Å²) < 4.78 is 7.07. The minimum Gasteiger partial charge on any atom is -0.490 e. The molecule has 0 saturated carbocycles. The summed E-state index contributed by atoms with van der Waals surface area (Å²) in [6.45, 7) is 7.85. The average Bonchev–Trinajstić information content (AvgIpc) is 2.42. The van der Waals surface area contributed by atoms with E-state index < -0.39 is 0 Å². The Morgan fingerprint density at radius 3 is 2.81 bits per heavy atom. The predicted octanol–water partition coefficient (Wildman–Crippen LogP) is 6.42. The largest absolute Gasteiger partial charge is 0.490 e. The van der Waals surface area contributed by atoms with E-state index in [1.54, 1.807) is 0 Å². The molecule has 0 bridgehead atoms. The van der Waals surface area contributed by atoms with Crippen molar-refractivity contribution in [2.24, 2.45) is 0 Å². The summed E-state index contributed by atoms with van der Waals surface area (Å²) in [5.74, 6) is 0.804. The zero-order chi connectivity index (χ0) is 15.4. The molecular formula is C18H18BrClO. The van der Waals surface area contributed by atoms with Crippen LogP contribution in [0.5, 0.6) is 5.75 Å². The van der Waals surface area contributed by atoms with Gasteiger partial charge in [-0.2, -0.15) is 0 Å². The molecule has 0 fully saturated rings.